The van der Waals surface area contributed by atoms with Crippen LogP contribution in [0.3, 0.4) is 0 Å². The van der Waals surface area contributed by atoms with Gasteiger partial charge in [0.15, 0.2) is 5.69 Å². The van der Waals surface area contributed by atoms with Crippen molar-refractivity contribution in [3.63, 3.8) is 0 Å². The molecule has 2 aliphatic rings. The van der Waals surface area contributed by atoms with E-state index in [1.165, 1.54) is 0 Å². The van der Waals surface area contributed by atoms with Crippen LogP contribution in [0.4, 0.5) is 0 Å². The van der Waals surface area contributed by atoms with Crippen LogP contribution in [-0.2, 0) is 9.59 Å². The topological polar surface area (TPSA) is 115 Å². The number of hydrogen-bond donors (Lipinski definition) is 2. The molecule has 8 heteroatoms. The first-order valence-electron chi connectivity index (χ1n) is 14.9. The zero-order chi connectivity index (χ0) is 28.8. The average Bonchev–Trinajstić information content (AvgIpc) is 3.54. The molecule has 1 saturated carbocycles. The van der Waals surface area contributed by atoms with E-state index in [1.54, 1.807) is 6.20 Å². The highest BCUT2D eigenvalue weighted by Gasteiger charge is 2.58. The van der Waals surface area contributed by atoms with Crippen molar-refractivity contribution in [2.24, 2.45) is 11.3 Å². The highest BCUT2D eigenvalue weighted by atomic mass is 16.2. The minimum Gasteiger partial charge on any atom is -0.347 e. The number of aromatic amines is 1. The molecule has 2 fully saturated rings. The number of pyridine rings is 1. The summed E-state index contributed by atoms with van der Waals surface area (Å²) in [5.41, 5.74) is 4.06. The molecular formula is C33H40N6O2. The Hall–Kier alpha value is -3.83. The number of nitrogens with zero attached hydrogens (tertiary/aromatic N) is 4. The van der Waals surface area contributed by atoms with E-state index < -0.39 is 0 Å². The Kier molecular flexibility index (Phi) is 8.94. The van der Waals surface area contributed by atoms with Gasteiger partial charge in [-0.2, -0.15) is 5.26 Å². The van der Waals surface area contributed by atoms with Crippen molar-refractivity contribution < 1.29 is 9.59 Å². The Morgan fingerprint density at radius 1 is 1.12 bits per heavy atom. The number of aromatic nitrogens is 3. The highest BCUT2D eigenvalue weighted by Crippen LogP contribution is 2.59. The number of nitriles is 1. The van der Waals surface area contributed by atoms with Crippen molar-refractivity contribution in [2.45, 2.75) is 70.8 Å². The van der Waals surface area contributed by atoms with Crippen LogP contribution in [-0.4, -0.2) is 51.7 Å². The first-order valence-corrected chi connectivity index (χ1v) is 14.9. The fourth-order valence-corrected chi connectivity index (χ4v) is 6.13. The zero-order valence-electron chi connectivity index (χ0n) is 24.2. The molecule has 0 bridgehead atoms. The Morgan fingerprint density at radius 3 is 2.56 bits per heavy atom. The molecule has 1 saturated heterocycles. The van der Waals surface area contributed by atoms with E-state index in [1.807, 2.05) is 49.5 Å². The third kappa shape index (κ3) is 6.74. The van der Waals surface area contributed by atoms with E-state index in [0.717, 1.165) is 68.3 Å². The van der Waals surface area contributed by atoms with Gasteiger partial charge >= 0.3 is 0 Å². The van der Waals surface area contributed by atoms with E-state index >= 15 is 0 Å². The summed E-state index contributed by atoms with van der Waals surface area (Å²) in [6, 6.07) is 13.9. The maximum Gasteiger partial charge on any atom is 0.224 e. The molecule has 8 nitrogen and oxygen atoms in total. The van der Waals surface area contributed by atoms with E-state index in [0.29, 0.717) is 36.5 Å². The number of H-pyrrole nitrogens is 1. The summed E-state index contributed by atoms with van der Waals surface area (Å²) in [4.78, 5) is 39.8. The van der Waals surface area contributed by atoms with Crippen LogP contribution in [0.5, 0.6) is 0 Å². The summed E-state index contributed by atoms with van der Waals surface area (Å²) in [5.74, 6) is 1.02. The second-order valence-corrected chi connectivity index (χ2v) is 11.8. The summed E-state index contributed by atoms with van der Waals surface area (Å²) in [5, 5.41) is 13.3. The van der Waals surface area contributed by atoms with Crippen LogP contribution in [0.1, 0.15) is 82.1 Å². The Bertz CT molecular complexity index is 1380. The number of Topliss-reactive ketones (excluding diaryl/α,β-unsaturated/α-hetero) is 1. The number of carbonyl (C=O) groups excluding carboxylic acids is 2. The van der Waals surface area contributed by atoms with Gasteiger partial charge in [0.2, 0.25) is 5.91 Å². The van der Waals surface area contributed by atoms with Crippen molar-refractivity contribution in [2.75, 3.05) is 20.1 Å². The lowest BCUT2D eigenvalue weighted by Crippen LogP contribution is -2.36. The quantitative estimate of drug-likeness (QED) is 0.273. The van der Waals surface area contributed by atoms with E-state index in [4.69, 9.17) is 0 Å². The summed E-state index contributed by atoms with van der Waals surface area (Å²) >= 11 is 0. The molecule has 1 spiro atoms. The lowest BCUT2D eigenvalue weighted by atomic mass is 9.90. The number of imidazole rings is 1. The highest BCUT2D eigenvalue weighted by molar-refractivity contribution is 5.83. The van der Waals surface area contributed by atoms with Gasteiger partial charge in [-0.15, -0.1) is 0 Å². The molecule has 1 aliphatic heterocycles. The molecule has 214 valence electrons. The smallest absolute Gasteiger partial charge is 0.224 e. The minimum absolute atomic E-state index is 0.0359. The van der Waals surface area contributed by atoms with Crippen molar-refractivity contribution >= 4 is 11.7 Å². The Labute approximate surface area is 242 Å². The number of nitrogens with one attached hydrogen (secondary N) is 2. The predicted molar refractivity (Wildman–Crippen MR) is 159 cm³/mol. The van der Waals surface area contributed by atoms with Gasteiger partial charge in [-0.3, -0.25) is 14.6 Å². The number of rotatable bonds is 12. The third-order valence-corrected chi connectivity index (χ3v) is 8.99. The van der Waals surface area contributed by atoms with Gasteiger partial charge in [0, 0.05) is 36.7 Å². The van der Waals surface area contributed by atoms with Gasteiger partial charge in [-0.05, 0) is 74.8 Å². The van der Waals surface area contributed by atoms with Crippen molar-refractivity contribution in [3.05, 3.63) is 60.2 Å². The summed E-state index contributed by atoms with van der Waals surface area (Å²) in [7, 11) is 2.14. The Morgan fingerprint density at radius 2 is 1.88 bits per heavy atom. The van der Waals surface area contributed by atoms with Crippen LogP contribution in [0.25, 0.3) is 22.5 Å². The summed E-state index contributed by atoms with van der Waals surface area (Å²) in [6.07, 6.45) is 11.1. The van der Waals surface area contributed by atoms with Gasteiger partial charge in [0.25, 0.3) is 0 Å². The van der Waals surface area contributed by atoms with Crippen LogP contribution in [0.15, 0.2) is 48.8 Å². The molecule has 2 N–H and O–H groups in total. The van der Waals surface area contributed by atoms with Gasteiger partial charge < -0.3 is 15.2 Å². The number of benzene rings is 1. The molecule has 1 amide bonds. The predicted octanol–water partition coefficient (Wildman–Crippen LogP) is 5.83. The molecule has 3 heterocycles. The molecule has 0 unspecified atom stereocenters. The van der Waals surface area contributed by atoms with E-state index in [9.17, 15) is 14.9 Å². The zero-order valence-corrected chi connectivity index (χ0v) is 24.2. The lowest BCUT2D eigenvalue weighted by Gasteiger charge is -2.30. The van der Waals surface area contributed by atoms with Crippen LogP contribution >= 0.6 is 0 Å². The number of likely N-dealkylation sites (tertiary alicyclic amines) is 1. The fourth-order valence-electron chi connectivity index (χ4n) is 6.13. The van der Waals surface area contributed by atoms with Crippen LogP contribution in [0.2, 0.25) is 0 Å². The fraction of sp³-hybridized carbons (Fsp3) is 0.485. The van der Waals surface area contributed by atoms with Crippen molar-refractivity contribution in [3.8, 4) is 28.6 Å². The van der Waals surface area contributed by atoms with Crippen molar-refractivity contribution in [1.82, 2.24) is 25.2 Å². The number of unbranched alkanes of at least 4 members (excludes halogenated alkanes) is 2. The van der Waals surface area contributed by atoms with Crippen LogP contribution < -0.4 is 5.32 Å². The standard InChI is InChI=1S/C33H40N6O2/c1-3-26(40)9-5-4-6-10-28(37-32(41)27-20-33(27)15-18-39(2)19-16-33)30-29(21-34)36-31(38-30)24-13-11-23(12-14-24)25-8-7-17-35-22-25/h7-8,11-14,17,22,27-28H,3-6,9-10,15-16,18-20H2,1-2H3,(H,36,38)(H,37,41)/t27-,28+/m1/s1. The molecule has 2 atom stereocenters. The normalized spacial score (nSPS) is 18.5. The van der Waals surface area contributed by atoms with Gasteiger partial charge in [0.1, 0.15) is 17.7 Å². The maximum atomic E-state index is 13.5. The first-order chi connectivity index (χ1) is 19.9. The number of ketones is 1. The van der Waals surface area contributed by atoms with Gasteiger partial charge in [-0.25, -0.2) is 4.98 Å². The molecule has 3 aromatic rings. The molecular weight excluding hydrogens is 512 g/mol. The van der Waals surface area contributed by atoms with E-state index in [2.05, 4.69) is 38.3 Å². The number of piperidine rings is 1. The number of amides is 1. The molecule has 1 aromatic carbocycles. The molecule has 1 aliphatic carbocycles. The average molecular weight is 553 g/mol. The monoisotopic (exact) mass is 552 g/mol. The van der Waals surface area contributed by atoms with Crippen molar-refractivity contribution in [1.29, 1.82) is 5.26 Å². The first kappa shape index (κ1) is 28.7. The summed E-state index contributed by atoms with van der Waals surface area (Å²) < 4.78 is 0. The second-order valence-electron chi connectivity index (χ2n) is 11.8. The molecule has 41 heavy (non-hydrogen) atoms. The van der Waals surface area contributed by atoms with Crippen LogP contribution in [0, 0.1) is 22.7 Å². The van der Waals surface area contributed by atoms with Gasteiger partial charge in [-0.1, -0.05) is 50.1 Å². The largest absolute Gasteiger partial charge is 0.347 e. The number of hydrogen-bond acceptors (Lipinski definition) is 6. The molecule has 2 aromatic heterocycles. The molecule has 5 rings (SSSR count). The Balaban J connectivity index is 1.32. The number of carbonyl (C=O) groups is 2. The van der Waals surface area contributed by atoms with E-state index in [-0.39, 0.29) is 29.1 Å². The SMILES string of the molecule is CCC(=O)CCCCC[C@H](NC(=O)[C@H]1CC12CCN(C)CC2)c1[nH]c(-c2ccc(-c3cccnc3)cc2)nc1C#N. The second kappa shape index (κ2) is 12.8. The third-order valence-electron chi connectivity index (χ3n) is 8.99. The lowest BCUT2D eigenvalue weighted by molar-refractivity contribution is -0.124. The summed E-state index contributed by atoms with van der Waals surface area (Å²) in [6.45, 7) is 3.96. The maximum absolute atomic E-state index is 13.5. The molecule has 0 radical (unpaired) electrons. The minimum atomic E-state index is -0.334. The van der Waals surface area contributed by atoms with Gasteiger partial charge in [0.05, 0.1) is 11.7 Å².